The van der Waals surface area contributed by atoms with E-state index in [2.05, 4.69) is 29.6 Å². The van der Waals surface area contributed by atoms with Crippen LogP contribution in [0.3, 0.4) is 0 Å². The Balaban J connectivity index is 1.49. The lowest BCUT2D eigenvalue weighted by atomic mass is 10.1. The SMILES string of the molecule is COc1cc(CCC(=O)N[C@@H]2CC[NH+](Cc3ccccc3)C2)cc(OC)c1OC. The van der Waals surface area contributed by atoms with E-state index in [9.17, 15) is 4.79 Å². The maximum atomic E-state index is 12.5. The number of methoxy groups -OCH3 is 3. The van der Waals surface area contributed by atoms with Crippen LogP contribution in [0, 0.1) is 0 Å². The Morgan fingerprint density at radius 1 is 1.03 bits per heavy atom. The smallest absolute Gasteiger partial charge is 0.220 e. The first-order chi connectivity index (χ1) is 14.1. The quantitative estimate of drug-likeness (QED) is 0.673. The molecule has 0 saturated carbocycles. The molecule has 156 valence electrons. The second kappa shape index (κ2) is 10.2. The average molecular weight is 400 g/mol. The Morgan fingerprint density at radius 2 is 1.72 bits per heavy atom. The van der Waals surface area contributed by atoms with E-state index in [0.717, 1.165) is 31.6 Å². The summed E-state index contributed by atoms with van der Waals surface area (Å²) in [5.41, 5.74) is 2.33. The molecule has 1 heterocycles. The fraction of sp³-hybridized carbons (Fsp3) is 0.435. The molecular formula is C23H31N2O4+. The lowest BCUT2D eigenvalue weighted by molar-refractivity contribution is -0.901. The van der Waals surface area contributed by atoms with E-state index < -0.39 is 0 Å². The van der Waals surface area contributed by atoms with Crippen LogP contribution in [0.4, 0.5) is 0 Å². The fourth-order valence-corrected chi connectivity index (χ4v) is 3.94. The molecule has 2 atom stereocenters. The summed E-state index contributed by atoms with van der Waals surface area (Å²) in [6.45, 7) is 3.08. The van der Waals surface area contributed by atoms with Gasteiger partial charge >= 0.3 is 0 Å². The maximum Gasteiger partial charge on any atom is 0.220 e. The van der Waals surface area contributed by atoms with Crippen molar-refractivity contribution in [1.29, 1.82) is 0 Å². The zero-order valence-electron chi connectivity index (χ0n) is 17.5. The van der Waals surface area contributed by atoms with Crippen LogP contribution in [0.15, 0.2) is 42.5 Å². The minimum atomic E-state index is 0.0877. The number of aryl methyl sites for hydroxylation is 1. The number of carbonyl (C=O) groups is 1. The summed E-state index contributed by atoms with van der Waals surface area (Å²) in [6, 6.07) is 14.6. The molecule has 3 rings (SSSR count). The highest BCUT2D eigenvalue weighted by molar-refractivity contribution is 5.76. The summed E-state index contributed by atoms with van der Waals surface area (Å²) in [6.07, 6.45) is 2.08. The predicted octanol–water partition coefficient (Wildman–Crippen LogP) is 1.62. The number of rotatable bonds is 9. The van der Waals surface area contributed by atoms with E-state index in [1.165, 1.54) is 10.5 Å². The number of ether oxygens (including phenoxy) is 3. The largest absolute Gasteiger partial charge is 0.493 e. The molecule has 1 unspecified atom stereocenters. The van der Waals surface area contributed by atoms with Gasteiger partial charge in [-0.1, -0.05) is 30.3 Å². The molecule has 0 spiro atoms. The van der Waals surface area contributed by atoms with Crippen molar-refractivity contribution < 1.29 is 23.9 Å². The van der Waals surface area contributed by atoms with E-state index in [-0.39, 0.29) is 11.9 Å². The monoisotopic (exact) mass is 399 g/mol. The molecule has 0 bridgehead atoms. The molecule has 0 aliphatic carbocycles. The van der Waals surface area contributed by atoms with Gasteiger partial charge in [-0.2, -0.15) is 0 Å². The van der Waals surface area contributed by atoms with E-state index in [4.69, 9.17) is 14.2 Å². The summed E-state index contributed by atoms with van der Waals surface area (Å²) in [7, 11) is 4.77. The molecular weight excluding hydrogens is 368 g/mol. The summed E-state index contributed by atoms with van der Waals surface area (Å²) in [4.78, 5) is 14.0. The molecule has 1 fully saturated rings. The highest BCUT2D eigenvalue weighted by atomic mass is 16.5. The first-order valence-electron chi connectivity index (χ1n) is 10.1. The van der Waals surface area contributed by atoms with Crippen molar-refractivity contribution in [3.63, 3.8) is 0 Å². The molecule has 1 aliphatic rings. The minimum absolute atomic E-state index is 0.0877. The highest BCUT2D eigenvalue weighted by Gasteiger charge is 2.27. The summed E-state index contributed by atoms with van der Waals surface area (Å²) in [5, 5.41) is 3.20. The van der Waals surface area contributed by atoms with Gasteiger partial charge in [0.05, 0.1) is 40.5 Å². The average Bonchev–Trinajstić information content (AvgIpc) is 3.18. The molecule has 1 saturated heterocycles. The molecule has 2 aromatic rings. The molecule has 0 aromatic heterocycles. The zero-order chi connectivity index (χ0) is 20.6. The van der Waals surface area contributed by atoms with Gasteiger partial charge in [0.1, 0.15) is 6.54 Å². The second-order valence-corrected chi connectivity index (χ2v) is 7.45. The molecule has 0 radical (unpaired) electrons. The number of nitrogens with one attached hydrogen (secondary N) is 2. The van der Waals surface area contributed by atoms with Gasteiger partial charge in [-0.15, -0.1) is 0 Å². The molecule has 2 N–H and O–H groups in total. The topological polar surface area (TPSA) is 61.2 Å². The number of amides is 1. The van der Waals surface area contributed by atoms with Gasteiger partial charge in [0.15, 0.2) is 11.5 Å². The van der Waals surface area contributed by atoms with Gasteiger partial charge in [0, 0.05) is 18.4 Å². The van der Waals surface area contributed by atoms with E-state index in [0.29, 0.717) is 30.1 Å². The van der Waals surface area contributed by atoms with Gasteiger partial charge in [-0.05, 0) is 24.1 Å². The minimum Gasteiger partial charge on any atom is -0.493 e. The first kappa shape index (κ1) is 21.0. The van der Waals surface area contributed by atoms with E-state index >= 15 is 0 Å². The first-order valence-corrected chi connectivity index (χ1v) is 10.1. The van der Waals surface area contributed by atoms with Crippen molar-refractivity contribution in [3.05, 3.63) is 53.6 Å². The van der Waals surface area contributed by atoms with Crippen LogP contribution in [0.2, 0.25) is 0 Å². The standard InChI is InChI=1S/C23H30N2O4/c1-27-20-13-18(14-21(28-2)23(20)29-3)9-10-22(26)24-19-11-12-25(16-19)15-17-7-5-4-6-8-17/h4-8,13-14,19H,9-12,15-16H2,1-3H3,(H,24,26)/p+1/t19-/m1/s1. The van der Waals surface area contributed by atoms with Crippen molar-refractivity contribution in [1.82, 2.24) is 5.32 Å². The molecule has 6 nitrogen and oxygen atoms in total. The number of quaternary nitrogens is 1. The lowest BCUT2D eigenvalue weighted by Gasteiger charge is -2.15. The third-order valence-electron chi connectivity index (χ3n) is 5.41. The van der Waals surface area contributed by atoms with Crippen LogP contribution in [-0.4, -0.2) is 46.4 Å². The molecule has 29 heavy (non-hydrogen) atoms. The second-order valence-electron chi connectivity index (χ2n) is 7.45. The van der Waals surface area contributed by atoms with Gasteiger partial charge in [-0.3, -0.25) is 4.79 Å². The number of hydrogen-bond acceptors (Lipinski definition) is 4. The van der Waals surface area contributed by atoms with Crippen LogP contribution in [-0.2, 0) is 17.8 Å². The van der Waals surface area contributed by atoms with Gasteiger partial charge in [0.25, 0.3) is 0 Å². The lowest BCUT2D eigenvalue weighted by Crippen LogP contribution is -3.09. The third-order valence-corrected chi connectivity index (χ3v) is 5.41. The summed E-state index contributed by atoms with van der Waals surface area (Å²) >= 11 is 0. The van der Waals surface area contributed by atoms with Crippen LogP contribution >= 0.6 is 0 Å². The van der Waals surface area contributed by atoms with E-state index in [1.807, 2.05) is 18.2 Å². The molecule has 2 aromatic carbocycles. The van der Waals surface area contributed by atoms with Crippen molar-refractivity contribution in [3.8, 4) is 17.2 Å². The van der Waals surface area contributed by atoms with E-state index in [1.54, 1.807) is 21.3 Å². The molecule has 1 aliphatic heterocycles. The van der Waals surface area contributed by atoms with Crippen LogP contribution < -0.4 is 24.4 Å². The third kappa shape index (κ3) is 5.64. The van der Waals surface area contributed by atoms with Crippen LogP contribution in [0.25, 0.3) is 0 Å². The Morgan fingerprint density at radius 3 is 2.34 bits per heavy atom. The molecule has 6 heteroatoms. The van der Waals surface area contributed by atoms with Crippen LogP contribution in [0.1, 0.15) is 24.0 Å². The van der Waals surface area contributed by atoms with Crippen molar-refractivity contribution >= 4 is 5.91 Å². The number of likely N-dealkylation sites (tertiary alicyclic amines) is 1. The summed E-state index contributed by atoms with van der Waals surface area (Å²) in [5.74, 6) is 1.87. The van der Waals surface area contributed by atoms with Crippen molar-refractivity contribution in [2.75, 3.05) is 34.4 Å². The van der Waals surface area contributed by atoms with Gasteiger partial charge in [-0.25, -0.2) is 0 Å². The molecule has 1 amide bonds. The Labute approximate surface area is 172 Å². The predicted molar refractivity (Wildman–Crippen MR) is 112 cm³/mol. The number of benzene rings is 2. The zero-order valence-corrected chi connectivity index (χ0v) is 17.5. The summed E-state index contributed by atoms with van der Waals surface area (Å²) < 4.78 is 16.1. The van der Waals surface area contributed by atoms with Crippen molar-refractivity contribution in [2.45, 2.75) is 31.8 Å². The number of carbonyl (C=O) groups excluding carboxylic acids is 1. The highest BCUT2D eigenvalue weighted by Crippen LogP contribution is 2.38. The maximum absolute atomic E-state index is 12.5. The normalized spacial score (nSPS) is 18.3. The van der Waals surface area contributed by atoms with Crippen LogP contribution in [0.5, 0.6) is 17.2 Å². The Bertz CT molecular complexity index is 785. The Hall–Kier alpha value is -2.73. The fourth-order valence-electron chi connectivity index (χ4n) is 3.94. The number of hydrogen-bond donors (Lipinski definition) is 2. The Kier molecular flexibility index (Phi) is 7.36. The van der Waals surface area contributed by atoms with Crippen molar-refractivity contribution in [2.24, 2.45) is 0 Å². The van der Waals surface area contributed by atoms with Gasteiger partial charge < -0.3 is 24.4 Å². The van der Waals surface area contributed by atoms with Gasteiger partial charge in [0.2, 0.25) is 11.7 Å².